The van der Waals surface area contributed by atoms with Gasteiger partial charge in [-0.1, -0.05) is 0 Å². The number of hydrogen-bond donors (Lipinski definition) is 1. The van der Waals surface area contributed by atoms with Gasteiger partial charge in [-0.25, -0.2) is 21.1 Å². The van der Waals surface area contributed by atoms with Crippen LogP contribution in [-0.4, -0.2) is 59.8 Å². The molecule has 10 heteroatoms. The number of sulfonamides is 1. The van der Waals surface area contributed by atoms with Crippen LogP contribution in [0.15, 0.2) is 23.1 Å². The van der Waals surface area contributed by atoms with Gasteiger partial charge in [0.15, 0.2) is 9.84 Å². The average molecular weight is 364 g/mol. The fourth-order valence-corrected chi connectivity index (χ4v) is 3.11. The van der Waals surface area contributed by atoms with Gasteiger partial charge in [-0.2, -0.15) is 0 Å². The summed E-state index contributed by atoms with van der Waals surface area (Å²) in [6.45, 7) is 1.26. The molecule has 8 nitrogen and oxygen atoms in total. The van der Waals surface area contributed by atoms with Gasteiger partial charge >= 0.3 is 0 Å². The predicted molar refractivity (Wildman–Crippen MR) is 86.8 cm³/mol. The highest BCUT2D eigenvalue weighted by Crippen LogP contribution is 2.29. The minimum Gasteiger partial charge on any atom is -0.495 e. The zero-order valence-corrected chi connectivity index (χ0v) is 15.2. The molecule has 1 N–H and O–H groups in total. The van der Waals surface area contributed by atoms with E-state index in [-0.39, 0.29) is 16.3 Å². The summed E-state index contributed by atoms with van der Waals surface area (Å²) in [5, 5.41) is 1.14. The molecule has 0 spiro atoms. The van der Waals surface area contributed by atoms with Crippen LogP contribution in [0, 0.1) is 0 Å². The lowest BCUT2D eigenvalue weighted by Gasteiger charge is -2.16. The molecule has 1 aromatic carbocycles. The number of ether oxygens (including phenoxy) is 1. The number of benzene rings is 1. The molecule has 0 fully saturated rings. The van der Waals surface area contributed by atoms with Gasteiger partial charge in [0.2, 0.25) is 15.9 Å². The lowest BCUT2D eigenvalue weighted by Crippen LogP contribution is -2.32. The molecule has 0 radical (unpaired) electrons. The highest BCUT2D eigenvalue weighted by Gasteiger charge is 2.26. The molecular formula is C13H20N2O6S2. The first-order valence-electron chi connectivity index (χ1n) is 6.51. The van der Waals surface area contributed by atoms with Crippen molar-refractivity contribution < 1.29 is 26.4 Å². The van der Waals surface area contributed by atoms with Gasteiger partial charge < -0.3 is 10.1 Å². The average Bonchev–Trinajstić information content (AvgIpc) is 2.45. The fraction of sp³-hybridized carbons (Fsp3) is 0.462. The van der Waals surface area contributed by atoms with Gasteiger partial charge in [0.1, 0.15) is 15.9 Å². The van der Waals surface area contributed by atoms with Crippen LogP contribution in [0.3, 0.4) is 0 Å². The van der Waals surface area contributed by atoms with Gasteiger partial charge in [-0.15, -0.1) is 0 Å². The second-order valence-corrected chi connectivity index (χ2v) is 9.60. The highest BCUT2D eigenvalue weighted by atomic mass is 32.2. The van der Waals surface area contributed by atoms with E-state index < -0.39 is 31.0 Å². The van der Waals surface area contributed by atoms with Crippen LogP contribution in [0.5, 0.6) is 5.75 Å². The highest BCUT2D eigenvalue weighted by molar-refractivity contribution is 7.92. The monoisotopic (exact) mass is 364 g/mol. The molecule has 1 aromatic rings. The van der Waals surface area contributed by atoms with E-state index in [9.17, 15) is 21.6 Å². The number of anilines is 1. The van der Waals surface area contributed by atoms with E-state index in [1.165, 1.54) is 46.3 Å². The van der Waals surface area contributed by atoms with E-state index in [2.05, 4.69) is 5.32 Å². The van der Waals surface area contributed by atoms with Crippen molar-refractivity contribution in [2.75, 3.05) is 32.8 Å². The number of rotatable bonds is 6. The van der Waals surface area contributed by atoms with Crippen LogP contribution < -0.4 is 10.1 Å². The molecule has 0 aliphatic rings. The van der Waals surface area contributed by atoms with Crippen LogP contribution in [0.2, 0.25) is 0 Å². The second-order valence-electron chi connectivity index (χ2n) is 5.11. The molecule has 0 saturated heterocycles. The zero-order valence-electron chi connectivity index (χ0n) is 13.5. The molecule has 0 saturated carbocycles. The van der Waals surface area contributed by atoms with Crippen molar-refractivity contribution in [2.45, 2.75) is 17.1 Å². The second kappa shape index (κ2) is 6.85. The number of hydrogen-bond acceptors (Lipinski definition) is 6. The molecule has 1 unspecified atom stereocenters. The summed E-state index contributed by atoms with van der Waals surface area (Å²) in [5.41, 5.74) is 0.159. The van der Waals surface area contributed by atoms with Crippen molar-refractivity contribution in [1.82, 2.24) is 4.31 Å². The Labute approximate surface area is 136 Å². The largest absolute Gasteiger partial charge is 0.495 e. The third-order valence-electron chi connectivity index (χ3n) is 3.20. The van der Waals surface area contributed by atoms with E-state index >= 15 is 0 Å². The fourth-order valence-electron chi connectivity index (χ4n) is 1.59. The van der Waals surface area contributed by atoms with Crippen LogP contribution in [0.4, 0.5) is 5.69 Å². The number of methoxy groups -OCH3 is 1. The van der Waals surface area contributed by atoms with E-state index in [4.69, 9.17) is 4.74 Å². The Kier molecular flexibility index (Phi) is 5.78. The van der Waals surface area contributed by atoms with Crippen molar-refractivity contribution in [3.8, 4) is 5.75 Å². The minimum atomic E-state index is -3.79. The van der Waals surface area contributed by atoms with E-state index in [1.807, 2.05) is 0 Å². The molecule has 1 amide bonds. The number of amides is 1. The maximum Gasteiger partial charge on any atom is 0.246 e. The first-order chi connectivity index (χ1) is 10.4. The smallest absolute Gasteiger partial charge is 0.246 e. The quantitative estimate of drug-likeness (QED) is 0.778. The lowest BCUT2D eigenvalue weighted by molar-refractivity contribution is -0.115. The normalized spacial score (nSPS) is 13.7. The SMILES string of the molecule is COc1ccc(NC(=O)C(C)S(C)(=O)=O)cc1S(=O)(=O)N(C)C. The summed E-state index contributed by atoms with van der Waals surface area (Å²) < 4.78 is 53.4. The Bertz CT molecular complexity index is 800. The van der Waals surface area contributed by atoms with Gasteiger partial charge in [0.25, 0.3) is 0 Å². The zero-order chi connectivity index (χ0) is 18.0. The summed E-state index contributed by atoms with van der Waals surface area (Å²) >= 11 is 0. The van der Waals surface area contributed by atoms with Crippen molar-refractivity contribution in [3.05, 3.63) is 18.2 Å². The summed E-state index contributed by atoms with van der Waals surface area (Å²) in [6, 6.07) is 4.04. The molecule has 1 atom stereocenters. The molecule has 0 aliphatic carbocycles. The van der Waals surface area contributed by atoms with Crippen molar-refractivity contribution >= 4 is 31.5 Å². The molecule has 0 heterocycles. The predicted octanol–water partition coefficient (Wildman–Crippen LogP) is 0.317. The topological polar surface area (TPSA) is 110 Å². The number of sulfone groups is 1. The number of nitrogens with one attached hydrogen (secondary N) is 1. The summed E-state index contributed by atoms with van der Waals surface area (Å²) in [7, 11) is -3.28. The van der Waals surface area contributed by atoms with Crippen LogP contribution in [-0.2, 0) is 24.7 Å². The van der Waals surface area contributed by atoms with E-state index in [0.717, 1.165) is 10.6 Å². The van der Waals surface area contributed by atoms with Gasteiger partial charge in [0, 0.05) is 26.0 Å². The van der Waals surface area contributed by atoms with Crippen LogP contribution in [0.25, 0.3) is 0 Å². The molecular weight excluding hydrogens is 344 g/mol. The number of carbonyl (C=O) groups excluding carboxylic acids is 1. The number of carbonyl (C=O) groups is 1. The standard InChI is InChI=1S/C13H20N2O6S2/c1-9(22(5,17)18)13(16)14-10-6-7-11(21-4)12(8-10)23(19,20)15(2)3/h6-9H,1-5H3,(H,14,16). The van der Waals surface area contributed by atoms with Crippen LogP contribution >= 0.6 is 0 Å². The molecule has 0 bridgehead atoms. The third-order valence-corrected chi connectivity index (χ3v) is 6.54. The number of nitrogens with zero attached hydrogens (tertiary/aromatic N) is 1. The lowest BCUT2D eigenvalue weighted by atomic mass is 10.3. The molecule has 1 rings (SSSR count). The summed E-state index contributed by atoms with van der Waals surface area (Å²) in [6.07, 6.45) is 0.952. The van der Waals surface area contributed by atoms with Gasteiger partial charge in [-0.05, 0) is 25.1 Å². The van der Waals surface area contributed by atoms with E-state index in [0.29, 0.717) is 0 Å². The third kappa shape index (κ3) is 4.43. The van der Waals surface area contributed by atoms with Crippen molar-refractivity contribution in [3.63, 3.8) is 0 Å². The Balaban J connectivity index is 3.25. The van der Waals surface area contributed by atoms with Crippen molar-refractivity contribution in [2.24, 2.45) is 0 Å². The maximum absolute atomic E-state index is 12.3. The van der Waals surface area contributed by atoms with Crippen LogP contribution in [0.1, 0.15) is 6.92 Å². The van der Waals surface area contributed by atoms with Crippen molar-refractivity contribution in [1.29, 1.82) is 0 Å². The first-order valence-corrected chi connectivity index (χ1v) is 9.91. The summed E-state index contributed by atoms with van der Waals surface area (Å²) in [4.78, 5) is 11.8. The van der Waals surface area contributed by atoms with Gasteiger partial charge in [-0.3, -0.25) is 4.79 Å². The molecule has 0 aromatic heterocycles. The Hall–Kier alpha value is -1.65. The van der Waals surface area contributed by atoms with Gasteiger partial charge in [0.05, 0.1) is 7.11 Å². The Morgan fingerprint density at radius 3 is 2.22 bits per heavy atom. The van der Waals surface area contributed by atoms with E-state index in [1.54, 1.807) is 0 Å². The minimum absolute atomic E-state index is 0.118. The Morgan fingerprint density at radius 2 is 1.78 bits per heavy atom. The maximum atomic E-state index is 12.3. The molecule has 130 valence electrons. The molecule has 0 aliphatic heterocycles. The summed E-state index contributed by atoms with van der Waals surface area (Å²) in [5.74, 6) is -0.626. The first kappa shape index (κ1) is 19.4. The Morgan fingerprint density at radius 1 is 1.22 bits per heavy atom. The molecule has 23 heavy (non-hydrogen) atoms.